The van der Waals surface area contributed by atoms with Crippen LogP contribution in [0.3, 0.4) is 0 Å². The molecule has 0 atom stereocenters. The van der Waals surface area contributed by atoms with Gasteiger partial charge < -0.3 is 9.88 Å². The van der Waals surface area contributed by atoms with E-state index < -0.39 is 0 Å². The molecule has 0 amide bonds. The quantitative estimate of drug-likeness (QED) is 0.872. The van der Waals surface area contributed by atoms with Crippen molar-refractivity contribution < 1.29 is 0 Å². The zero-order valence-electron chi connectivity index (χ0n) is 10.3. The minimum atomic E-state index is 0.720. The predicted octanol–water partition coefficient (Wildman–Crippen LogP) is 2.53. The van der Waals surface area contributed by atoms with Crippen molar-refractivity contribution in [2.24, 2.45) is 0 Å². The number of hydrogen-bond acceptors (Lipinski definition) is 2. The highest BCUT2D eigenvalue weighted by molar-refractivity contribution is 5.87. The van der Waals surface area contributed by atoms with Gasteiger partial charge in [-0.2, -0.15) is 5.26 Å². The van der Waals surface area contributed by atoms with Crippen LogP contribution in [0.5, 0.6) is 0 Å². The lowest BCUT2D eigenvalue weighted by Gasteiger charge is -2.12. The number of nitrogens with one attached hydrogen (secondary N) is 1. The molecule has 0 unspecified atom stereocenters. The van der Waals surface area contributed by atoms with Gasteiger partial charge in [0.2, 0.25) is 0 Å². The van der Waals surface area contributed by atoms with Crippen LogP contribution < -0.4 is 0 Å². The molecule has 17 heavy (non-hydrogen) atoms. The van der Waals surface area contributed by atoms with Gasteiger partial charge in [0.1, 0.15) is 6.07 Å². The lowest BCUT2D eigenvalue weighted by molar-refractivity contribution is 0.358. The van der Waals surface area contributed by atoms with E-state index in [1.54, 1.807) is 0 Å². The number of H-pyrrole nitrogens is 1. The fraction of sp³-hybridized carbons (Fsp3) is 0.357. The maximum atomic E-state index is 9.02. The van der Waals surface area contributed by atoms with Crippen molar-refractivity contribution in [2.75, 3.05) is 20.1 Å². The molecule has 0 aliphatic heterocycles. The lowest BCUT2D eigenvalue weighted by Crippen LogP contribution is -2.20. The van der Waals surface area contributed by atoms with E-state index in [-0.39, 0.29) is 0 Å². The van der Waals surface area contributed by atoms with E-state index in [4.69, 9.17) is 5.26 Å². The third kappa shape index (κ3) is 2.32. The highest BCUT2D eigenvalue weighted by Crippen LogP contribution is 2.21. The Hall–Kier alpha value is -1.79. The van der Waals surface area contributed by atoms with Crippen molar-refractivity contribution in [1.82, 2.24) is 9.88 Å². The Bertz CT molecular complexity index is 548. The van der Waals surface area contributed by atoms with Crippen LogP contribution in [0.2, 0.25) is 0 Å². The van der Waals surface area contributed by atoms with Gasteiger partial charge in [-0.15, -0.1) is 0 Å². The lowest BCUT2D eigenvalue weighted by atomic mass is 10.1. The first-order chi connectivity index (χ1) is 8.26. The first-order valence-corrected chi connectivity index (χ1v) is 5.94. The minimum Gasteiger partial charge on any atom is -0.360 e. The van der Waals surface area contributed by atoms with Crippen LogP contribution in [0, 0.1) is 11.3 Å². The van der Waals surface area contributed by atoms with Crippen LogP contribution in [0.1, 0.15) is 18.1 Å². The van der Waals surface area contributed by atoms with Crippen molar-refractivity contribution in [1.29, 1.82) is 5.26 Å². The second-order valence-corrected chi connectivity index (χ2v) is 4.30. The summed E-state index contributed by atoms with van der Waals surface area (Å²) in [6, 6.07) is 8.09. The number of benzene rings is 1. The average molecular weight is 227 g/mol. The van der Waals surface area contributed by atoms with E-state index >= 15 is 0 Å². The number of likely N-dealkylation sites (N-methyl/N-ethyl adjacent to an activating group) is 1. The van der Waals surface area contributed by atoms with E-state index in [1.807, 2.05) is 18.3 Å². The standard InChI is InChI=1S/C14H17N3/c1-3-17(2)8-7-12-10-16-14-11(9-15)5-4-6-13(12)14/h4-6,10,16H,3,7-8H2,1-2H3. The number of hydrogen-bond donors (Lipinski definition) is 1. The average Bonchev–Trinajstić information content (AvgIpc) is 2.78. The maximum Gasteiger partial charge on any atom is 0.101 e. The summed E-state index contributed by atoms with van der Waals surface area (Å²) in [5.41, 5.74) is 2.97. The maximum absolute atomic E-state index is 9.02. The number of para-hydroxylation sites is 1. The summed E-state index contributed by atoms with van der Waals surface area (Å²) in [7, 11) is 2.12. The molecule has 2 rings (SSSR count). The molecule has 0 saturated heterocycles. The van der Waals surface area contributed by atoms with E-state index in [9.17, 15) is 0 Å². The first-order valence-electron chi connectivity index (χ1n) is 5.94. The molecule has 2 aromatic rings. The molecule has 1 heterocycles. The second-order valence-electron chi connectivity index (χ2n) is 4.30. The Labute approximate surface area is 102 Å². The third-order valence-electron chi connectivity index (χ3n) is 3.22. The van der Waals surface area contributed by atoms with Crippen LogP contribution in [0.15, 0.2) is 24.4 Å². The van der Waals surface area contributed by atoms with Crippen molar-refractivity contribution >= 4 is 10.9 Å². The molecule has 3 heteroatoms. The van der Waals surface area contributed by atoms with Gasteiger partial charge in [-0.05, 0) is 31.6 Å². The van der Waals surface area contributed by atoms with Crippen LogP contribution >= 0.6 is 0 Å². The molecule has 0 aliphatic rings. The second kappa shape index (κ2) is 5.03. The molecule has 0 fully saturated rings. The molecule has 0 saturated carbocycles. The molecule has 1 N–H and O–H groups in total. The summed E-state index contributed by atoms with van der Waals surface area (Å²) >= 11 is 0. The first kappa shape index (κ1) is 11.7. The predicted molar refractivity (Wildman–Crippen MR) is 69.9 cm³/mol. The van der Waals surface area contributed by atoms with E-state index in [2.05, 4.69) is 36.0 Å². The Kier molecular flexibility index (Phi) is 3.46. The number of nitrogens with zero attached hydrogens (tertiary/aromatic N) is 2. The zero-order valence-corrected chi connectivity index (χ0v) is 10.3. The monoisotopic (exact) mass is 227 g/mol. The number of aromatic nitrogens is 1. The summed E-state index contributed by atoms with van der Waals surface area (Å²) in [5.74, 6) is 0. The van der Waals surface area contributed by atoms with Gasteiger partial charge >= 0.3 is 0 Å². The van der Waals surface area contributed by atoms with Crippen molar-refractivity contribution in [3.63, 3.8) is 0 Å². The molecule has 1 aromatic carbocycles. The number of aromatic amines is 1. The molecule has 3 nitrogen and oxygen atoms in total. The van der Waals surface area contributed by atoms with Crippen molar-refractivity contribution in [3.05, 3.63) is 35.5 Å². The molecule has 88 valence electrons. The molecule has 1 aromatic heterocycles. The number of nitriles is 1. The number of rotatable bonds is 4. The summed E-state index contributed by atoms with van der Waals surface area (Å²) in [5, 5.41) is 10.2. The smallest absolute Gasteiger partial charge is 0.101 e. The van der Waals surface area contributed by atoms with E-state index in [0.717, 1.165) is 30.6 Å². The third-order valence-corrected chi connectivity index (χ3v) is 3.22. The van der Waals surface area contributed by atoms with Gasteiger partial charge in [0.15, 0.2) is 0 Å². The van der Waals surface area contributed by atoms with Crippen LogP contribution in [0.4, 0.5) is 0 Å². The molecule has 0 radical (unpaired) electrons. The molecular weight excluding hydrogens is 210 g/mol. The van der Waals surface area contributed by atoms with Gasteiger partial charge in [-0.3, -0.25) is 0 Å². The highest BCUT2D eigenvalue weighted by Gasteiger charge is 2.07. The Balaban J connectivity index is 2.28. The number of fused-ring (bicyclic) bond motifs is 1. The summed E-state index contributed by atoms with van der Waals surface area (Å²) < 4.78 is 0. The van der Waals surface area contributed by atoms with Gasteiger partial charge in [-0.1, -0.05) is 19.1 Å². The normalized spacial score (nSPS) is 10.9. The van der Waals surface area contributed by atoms with E-state index in [0.29, 0.717) is 0 Å². The zero-order chi connectivity index (χ0) is 12.3. The van der Waals surface area contributed by atoms with E-state index in [1.165, 1.54) is 10.9 Å². The van der Waals surface area contributed by atoms with Gasteiger partial charge in [0.25, 0.3) is 0 Å². The summed E-state index contributed by atoms with van der Waals surface area (Å²) in [4.78, 5) is 5.49. The Morgan fingerprint density at radius 2 is 2.24 bits per heavy atom. The SMILES string of the molecule is CCN(C)CCc1c[nH]c2c(C#N)cccc12. The fourth-order valence-electron chi connectivity index (χ4n) is 1.98. The largest absolute Gasteiger partial charge is 0.360 e. The topological polar surface area (TPSA) is 42.8 Å². The van der Waals surface area contributed by atoms with Gasteiger partial charge in [0.05, 0.1) is 11.1 Å². The van der Waals surface area contributed by atoms with Crippen molar-refractivity contribution in [3.8, 4) is 6.07 Å². The van der Waals surface area contributed by atoms with Crippen LogP contribution in [-0.4, -0.2) is 30.0 Å². The van der Waals surface area contributed by atoms with Gasteiger partial charge in [-0.25, -0.2) is 0 Å². The van der Waals surface area contributed by atoms with Crippen molar-refractivity contribution in [2.45, 2.75) is 13.3 Å². The molecule has 0 aliphatic carbocycles. The Morgan fingerprint density at radius 3 is 2.94 bits per heavy atom. The summed E-state index contributed by atoms with van der Waals surface area (Å²) in [6.07, 6.45) is 3.04. The van der Waals surface area contributed by atoms with Crippen LogP contribution in [-0.2, 0) is 6.42 Å². The van der Waals surface area contributed by atoms with Gasteiger partial charge in [0, 0.05) is 18.1 Å². The van der Waals surface area contributed by atoms with Crippen LogP contribution in [0.25, 0.3) is 10.9 Å². The Morgan fingerprint density at radius 1 is 1.41 bits per heavy atom. The summed E-state index contributed by atoms with van der Waals surface area (Å²) in [6.45, 7) is 4.26. The molecule has 0 bridgehead atoms. The fourth-order valence-corrected chi connectivity index (χ4v) is 1.98. The minimum absolute atomic E-state index is 0.720. The molecule has 0 spiro atoms. The highest BCUT2D eigenvalue weighted by atomic mass is 15.1. The molecular formula is C14H17N3.